The number of carbonyl (C=O) groups is 2. The second-order valence-electron chi connectivity index (χ2n) is 9.27. The fraction of sp³-hybridized carbons (Fsp3) is 0.207. The van der Waals surface area contributed by atoms with Gasteiger partial charge in [0.25, 0.3) is 5.91 Å². The number of carbonyl (C=O) groups excluding carboxylic acids is 2. The summed E-state index contributed by atoms with van der Waals surface area (Å²) in [5.41, 5.74) is 0.825. The molecule has 0 atom stereocenters. The van der Waals surface area contributed by atoms with Gasteiger partial charge in [-0.05, 0) is 81.3 Å². The van der Waals surface area contributed by atoms with Gasteiger partial charge in [-0.15, -0.1) is 0 Å². The molecule has 2 heterocycles. The Balaban J connectivity index is 2.06. The maximum atomic E-state index is 14.0. The number of amides is 1. The average molecular weight is 581 g/mol. The number of benzene rings is 2. The number of ketones is 1. The first-order valence-electron chi connectivity index (χ1n) is 12.7. The number of halogens is 1. The fourth-order valence-corrected chi connectivity index (χ4v) is 4.97. The lowest BCUT2D eigenvalue weighted by Crippen LogP contribution is -2.23. The molecule has 1 amide bonds. The van der Waals surface area contributed by atoms with Crippen LogP contribution in [0.1, 0.15) is 45.8 Å². The highest BCUT2D eigenvalue weighted by molar-refractivity contribution is 7.92. The van der Waals surface area contributed by atoms with Crippen LogP contribution in [0.5, 0.6) is 11.5 Å². The van der Waals surface area contributed by atoms with E-state index in [4.69, 9.17) is 4.74 Å². The Labute approximate surface area is 235 Å². The van der Waals surface area contributed by atoms with Crippen LogP contribution in [0.25, 0.3) is 16.7 Å². The van der Waals surface area contributed by atoms with Crippen LogP contribution in [0.4, 0.5) is 10.1 Å². The molecule has 41 heavy (non-hydrogen) atoms. The third-order valence-corrected chi connectivity index (χ3v) is 7.63. The zero-order chi connectivity index (χ0) is 30.1. The van der Waals surface area contributed by atoms with E-state index in [1.54, 1.807) is 20.8 Å². The smallest absolute Gasteiger partial charge is 0.267 e. The molecule has 0 saturated carbocycles. The number of anilines is 1. The SMILES string of the molecule is C=CC(=O)c1cn(-c2cc(NS(=O)(=O)CC)ccc2Oc2c(C)cc(F)cc2C)c2cc(C(=O)NCC)[nH]c2c1=O. The van der Waals surface area contributed by atoms with E-state index in [9.17, 15) is 27.2 Å². The van der Waals surface area contributed by atoms with Crippen LogP contribution in [0, 0.1) is 19.7 Å². The lowest BCUT2D eigenvalue weighted by Gasteiger charge is -2.19. The summed E-state index contributed by atoms with van der Waals surface area (Å²) >= 11 is 0. The second-order valence-corrected chi connectivity index (χ2v) is 11.3. The monoisotopic (exact) mass is 580 g/mol. The maximum Gasteiger partial charge on any atom is 0.267 e. The molecule has 0 aliphatic heterocycles. The van der Waals surface area contributed by atoms with Crippen molar-refractivity contribution in [3.05, 3.63) is 93.7 Å². The summed E-state index contributed by atoms with van der Waals surface area (Å²) in [7, 11) is -3.67. The maximum absolute atomic E-state index is 14.0. The molecule has 0 radical (unpaired) electrons. The predicted molar refractivity (Wildman–Crippen MR) is 155 cm³/mol. The molecule has 0 saturated heterocycles. The summed E-state index contributed by atoms with van der Waals surface area (Å²) in [6.07, 6.45) is 2.28. The quantitative estimate of drug-likeness (QED) is 0.183. The zero-order valence-electron chi connectivity index (χ0n) is 22.9. The number of rotatable bonds is 10. The Kier molecular flexibility index (Phi) is 8.15. The molecular formula is C29H29FN4O6S. The summed E-state index contributed by atoms with van der Waals surface area (Å²) in [5.74, 6) is -1.17. The number of fused-ring (bicyclic) bond motifs is 1. The van der Waals surface area contributed by atoms with Gasteiger partial charge in [0.2, 0.25) is 15.5 Å². The van der Waals surface area contributed by atoms with E-state index in [2.05, 4.69) is 21.6 Å². The first-order chi connectivity index (χ1) is 19.4. The van der Waals surface area contributed by atoms with E-state index in [0.29, 0.717) is 23.4 Å². The second kappa shape index (κ2) is 11.4. The van der Waals surface area contributed by atoms with E-state index in [-0.39, 0.29) is 45.2 Å². The van der Waals surface area contributed by atoms with Gasteiger partial charge >= 0.3 is 0 Å². The predicted octanol–water partition coefficient (Wildman–Crippen LogP) is 4.75. The van der Waals surface area contributed by atoms with Crippen molar-refractivity contribution in [3.63, 3.8) is 0 Å². The van der Waals surface area contributed by atoms with Gasteiger partial charge in [0.15, 0.2) is 11.5 Å². The molecule has 0 unspecified atom stereocenters. The summed E-state index contributed by atoms with van der Waals surface area (Å²) in [6, 6.07) is 8.56. The van der Waals surface area contributed by atoms with E-state index in [0.717, 1.165) is 6.08 Å². The number of nitrogens with zero attached hydrogens (tertiary/aromatic N) is 1. The van der Waals surface area contributed by atoms with Crippen LogP contribution in [0.2, 0.25) is 0 Å². The molecule has 0 aliphatic carbocycles. The van der Waals surface area contributed by atoms with E-state index >= 15 is 0 Å². The van der Waals surface area contributed by atoms with Gasteiger partial charge in [0, 0.05) is 12.7 Å². The first kappa shape index (κ1) is 29.3. The van der Waals surface area contributed by atoms with Crippen molar-refractivity contribution < 1.29 is 27.1 Å². The van der Waals surface area contributed by atoms with Gasteiger partial charge < -0.3 is 19.6 Å². The van der Waals surface area contributed by atoms with Crippen molar-refractivity contribution in [2.45, 2.75) is 27.7 Å². The van der Waals surface area contributed by atoms with Crippen LogP contribution in [-0.4, -0.2) is 42.0 Å². The van der Waals surface area contributed by atoms with Crippen molar-refractivity contribution in [1.29, 1.82) is 0 Å². The number of sulfonamides is 1. The van der Waals surface area contributed by atoms with Gasteiger partial charge in [-0.25, -0.2) is 12.8 Å². The lowest BCUT2D eigenvalue weighted by atomic mass is 10.1. The zero-order valence-corrected chi connectivity index (χ0v) is 23.7. The Morgan fingerprint density at radius 1 is 1.12 bits per heavy atom. The standard InChI is InChI=1S/C29H29FN4O6S/c1-6-24(35)20-15-34(23-14-21(29(37)31-7-2)32-26(23)27(20)36)22-13-19(33-41(38,39)8-3)9-10-25(22)40-28-16(4)11-18(30)12-17(28)5/h6,9-15,32-33H,1,7-8H2,2-5H3,(H,31,37). The Morgan fingerprint density at radius 2 is 1.80 bits per heavy atom. The van der Waals surface area contributed by atoms with E-state index < -0.39 is 33.0 Å². The van der Waals surface area contributed by atoms with Crippen molar-refractivity contribution >= 4 is 38.4 Å². The van der Waals surface area contributed by atoms with Gasteiger partial charge in [0.1, 0.15) is 22.8 Å². The van der Waals surface area contributed by atoms with E-state index in [1.807, 2.05) is 0 Å². The largest absolute Gasteiger partial charge is 0.455 e. The average Bonchev–Trinajstić information content (AvgIpc) is 3.37. The van der Waals surface area contributed by atoms with Crippen LogP contribution in [-0.2, 0) is 10.0 Å². The molecule has 3 N–H and O–H groups in total. The normalized spacial score (nSPS) is 11.3. The highest BCUT2D eigenvalue weighted by Gasteiger charge is 2.22. The van der Waals surface area contributed by atoms with E-state index in [1.165, 1.54) is 54.1 Å². The Morgan fingerprint density at radius 3 is 2.41 bits per heavy atom. The van der Waals surface area contributed by atoms with Crippen LogP contribution < -0.4 is 20.2 Å². The number of hydrogen-bond donors (Lipinski definition) is 3. The summed E-state index contributed by atoms with van der Waals surface area (Å²) < 4.78 is 48.9. The van der Waals surface area contributed by atoms with Crippen molar-refractivity contribution in [1.82, 2.24) is 14.9 Å². The number of nitrogens with one attached hydrogen (secondary N) is 3. The van der Waals surface area contributed by atoms with Crippen molar-refractivity contribution in [3.8, 4) is 17.2 Å². The fourth-order valence-electron chi connectivity index (χ4n) is 4.34. The van der Waals surface area contributed by atoms with Crippen molar-refractivity contribution in [2.24, 2.45) is 0 Å². The van der Waals surface area contributed by atoms with Gasteiger partial charge in [0.05, 0.1) is 28.2 Å². The number of aromatic amines is 1. The molecule has 0 bridgehead atoms. The minimum atomic E-state index is -3.67. The third-order valence-electron chi connectivity index (χ3n) is 6.33. The summed E-state index contributed by atoms with van der Waals surface area (Å²) in [6.45, 7) is 10.4. The summed E-state index contributed by atoms with van der Waals surface area (Å²) in [4.78, 5) is 41.4. The van der Waals surface area contributed by atoms with Crippen molar-refractivity contribution in [2.75, 3.05) is 17.0 Å². The minimum Gasteiger partial charge on any atom is -0.455 e. The number of allylic oxidation sites excluding steroid dienone is 1. The molecule has 0 aliphatic rings. The highest BCUT2D eigenvalue weighted by atomic mass is 32.2. The minimum absolute atomic E-state index is 0.0291. The number of pyridine rings is 1. The molecule has 0 spiro atoms. The number of hydrogen-bond acceptors (Lipinski definition) is 6. The number of aromatic nitrogens is 2. The molecular weight excluding hydrogens is 551 g/mol. The van der Waals surface area contributed by atoms with Crippen LogP contribution in [0.15, 0.2) is 60.0 Å². The summed E-state index contributed by atoms with van der Waals surface area (Å²) in [5, 5.41) is 2.66. The Bertz CT molecular complexity index is 1850. The topological polar surface area (TPSA) is 139 Å². The van der Waals surface area contributed by atoms with Crippen LogP contribution in [0.3, 0.4) is 0 Å². The molecule has 12 heteroatoms. The molecule has 2 aromatic heterocycles. The molecule has 2 aromatic carbocycles. The molecule has 214 valence electrons. The number of ether oxygens (including phenoxy) is 1. The van der Waals surface area contributed by atoms with Gasteiger partial charge in [-0.1, -0.05) is 6.58 Å². The van der Waals surface area contributed by atoms with Gasteiger partial charge in [-0.3, -0.25) is 19.1 Å². The van der Waals surface area contributed by atoms with Gasteiger partial charge in [-0.2, -0.15) is 0 Å². The molecule has 10 nitrogen and oxygen atoms in total. The lowest BCUT2D eigenvalue weighted by molar-refractivity contribution is 0.0951. The number of H-pyrrole nitrogens is 1. The Hall–Kier alpha value is -4.71. The third kappa shape index (κ3) is 5.92. The highest BCUT2D eigenvalue weighted by Crippen LogP contribution is 2.36. The molecule has 0 fully saturated rings. The number of aryl methyl sites for hydroxylation is 2. The molecule has 4 rings (SSSR count). The first-order valence-corrected chi connectivity index (χ1v) is 14.4. The molecule has 4 aromatic rings. The van der Waals surface area contributed by atoms with Crippen LogP contribution >= 0.6 is 0 Å².